The van der Waals surface area contributed by atoms with E-state index in [0.717, 1.165) is 6.04 Å². The summed E-state index contributed by atoms with van der Waals surface area (Å²) in [5.41, 5.74) is 0.673. The number of alkyl halides is 1. The van der Waals surface area contributed by atoms with Crippen LogP contribution in [0, 0.1) is 5.92 Å². The smallest absolute Gasteiger partial charge is 0.166 e. The highest BCUT2D eigenvalue weighted by Crippen LogP contribution is 2.21. The average Bonchev–Trinajstić information content (AvgIpc) is 1.63. The molecule has 1 unspecified atom stereocenters. The van der Waals surface area contributed by atoms with Gasteiger partial charge in [-0.2, -0.15) is 11.1 Å². The monoisotopic (exact) mass is 184 g/mol. The van der Waals surface area contributed by atoms with Gasteiger partial charge in [-0.05, 0) is 12.0 Å². The molecule has 0 aromatic carbocycles. The van der Waals surface area contributed by atoms with Gasteiger partial charge >= 0.3 is 0 Å². The van der Waals surface area contributed by atoms with Crippen molar-refractivity contribution in [1.82, 2.24) is 0 Å². The summed E-state index contributed by atoms with van der Waals surface area (Å²) >= 11 is 11.8. The molecule has 3 heteroatoms. The van der Waals surface area contributed by atoms with Crippen LogP contribution in [0.5, 0.6) is 0 Å². The summed E-state index contributed by atoms with van der Waals surface area (Å²) in [5.74, 6) is 0.693. The summed E-state index contributed by atoms with van der Waals surface area (Å²) in [5, 5.41) is 0. The normalized spacial score (nSPS) is 18.0. The molecule has 56 valence electrons. The van der Waals surface area contributed by atoms with Crippen LogP contribution in [0.1, 0.15) is 13.8 Å². The zero-order valence-electron chi connectivity index (χ0n) is 6.25. The molecular formula is C6H14Cl2Si. The summed E-state index contributed by atoms with van der Waals surface area (Å²) in [6, 6.07) is 1.12. The SMILES string of the molecule is CC(C)C[Si](C)(Cl)CCl. The second-order valence-electron chi connectivity index (χ2n) is 3.14. The van der Waals surface area contributed by atoms with Crippen LogP contribution in [0.15, 0.2) is 0 Å². The van der Waals surface area contributed by atoms with Gasteiger partial charge in [-0.25, -0.2) is 0 Å². The maximum atomic E-state index is 6.12. The third-order valence-electron chi connectivity index (χ3n) is 1.11. The average molecular weight is 185 g/mol. The Morgan fingerprint density at radius 1 is 1.44 bits per heavy atom. The number of hydrogen-bond acceptors (Lipinski definition) is 0. The van der Waals surface area contributed by atoms with E-state index >= 15 is 0 Å². The quantitative estimate of drug-likeness (QED) is 0.359. The van der Waals surface area contributed by atoms with Gasteiger partial charge in [0.05, 0.1) is 0 Å². The second-order valence-corrected chi connectivity index (χ2v) is 10.2. The number of rotatable bonds is 3. The molecule has 0 aliphatic rings. The second kappa shape index (κ2) is 3.84. The molecule has 0 aromatic heterocycles. The van der Waals surface area contributed by atoms with Crippen molar-refractivity contribution < 1.29 is 0 Å². The predicted octanol–water partition coefficient (Wildman–Crippen LogP) is 3.23. The minimum Gasteiger partial charge on any atom is -0.166 e. The van der Waals surface area contributed by atoms with Gasteiger partial charge in [0.1, 0.15) is 0 Å². The summed E-state index contributed by atoms with van der Waals surface area (Å²) in [7, 11) is -1.50. The Morgan fingerprint density at radius 3 is 2.00 bits per heavy atom. The fourth-order valence-electron chi connectivity index (χ4n) is 0.906. The van der Waals surface area contributed by atoms with Gasteiger partial charge in [-0.1, -0.05) is 20.4 Å². The summed E-state index contributed by atoms with van der Waals surface area (Å²) in [6.45, 7) is 6.47. The molecule has 0 heterocycles. The van der Waals surface area contributed by atoms with E-state index < -0.39 is 7.38 Å². The van der Waals surface area contributed by atoms with Crippen molar-refractivity contribution in [2.75, 3.05) is 5.50 Å². The fraction of sp³-hybridized carbons (Fsp3) is 1.00. The lowest BCUT2D eigenvalue weighted by Gasteiger charge is -2.17. The van der Waals surface area contributed by atoms with Gasteiger partial charge in [-0.15, -0.1) is 11.6 Å². The van der Waals surface area contributed by atoms with Crippen molar-refractivity contribution in [3.63, 3.8) is 0 Å². The Hall–Kier alpha value is 0.797. The van der Waals surface area contributed by atoms with Crippen molar-refractivity contribution in [3.05, 3.63) is 0 Å². The zero-order valence-corrected chi connectivity index (χ0v) is 8.76. The molecule has 0 saturated carbocycles. The Morgan fingerprint density at radius 2 is 1.89 bits per heavy atom. The van der Waals surface area contributed by atoms with Crippen LogP contribution in [0.25, 0.3) is 0 Å². The minimum absolute atomic E-state index is 0.673. The van der Waals surface area contributed by atoms with Crippen LogP contribution < -0.4 is 0 Å². The molecule has 0 rings (SSSR count). The van der Waals surface area contributed by atoms with E-state index in [1.165, 1.54) is 0 Å². The molecule has 0 aliphatic carbocycles. The first-order chi connectivity index (χ1) is 3.98. The maximum Gasteiger partial charge on any atom is 0.168 e. The van der Waals surface area contributed by atoms with E-state index in [-0.39, 0.29) is 0 Å². The lowest BCUT2D eigenvalue weighted by molar-refractivity contribution is 0.724. The van der Waals surface area contributed by atoms with E-state index in [4.69, 9.17) is 22.7 Å². The van der Waals surface area contributed by atoms with E-state index in [0.29, 0.717) is 11.4 Å². The highest BCUT2D eigenvalue weighted by atomic mass is 35.6. The van der Waals surface area contributed by atoms with Crippen LogP contribution in [0.2, 0.25) is 12.6 Å². The van der Waals surface area contributed by atoms with Gasteiger partial charge in [0, 0.05) is 5.50 Å². The van der Waals surface area contributed by atoms with Crippen molar-refractivity contribution in [2.24, 2.45) is 5.92 Å². The Labute approximate surface area is 68.3 Å². The highest BCUT2D eigenvalue weighted by molar-refractivity contribution is 7.21. The lowest BCUT2D eigenvalue weighted by Crippen LogP contribution is -2.26. The largest absolute Gasteiger partial charge is 0.168 e. The molecule has 0 bridgehead atoms. The third kappa shape index (κ3) is 5.25. The van der Waals surface area contributed by atoms with Crippen molar-refractivity contribution >= 4 is 30.1 Å². The molecule has 0 nitrogen and oxygen atoms in total. The highest BCUT2D eigenvalue weighted by Gasteiger charge is 2.23. The first-order valence-corrected chi connectivity index (χ1v) is 7.69. The van der Waals surface area contributed by atoms with E-state index in [1.54, 1.807) is 0 Å². The first kappa shape index (κ1) is 9.80. The molecular weight excluding hydrogens is 171 g/mol. The maximum absolute atomic E-state index is 6.12. The molecule has 0 amide bonds. The van der Waals surface area contributed by atoms with Gasteiger partial charge in [-0.3, -0.25) is 0 Å². The standard InChI is InChI=1S/C6H14Cl2Si/c1-6(2)4-9(3,8)5-7/h6H,4-5H2,1-3H3. The first-order valence-electron chi connectivity index (χ1n) is 3.23. The molecule has 0 aromatic rings. The topological polar surface area (TPSA) is 0 Å². The van der Waals surface area contributed by atoms with Gasteiger partial charge in [0.2, 0.25) is 0 Å². The van der Waals surface area contributed by atoms with Gasteiger partial charge < -0.3 is 0 Å². The van der Waals surface area contributed by atoms with E-state index in [9.17, 15) is 0 Å². The Kier molecular flexibility index (Phi) is 4.18. The summed E-state index contributed by atoms with van der Waals surface area (Å²) < 4.78 is 0. The van der Waals surface area contributed by atoms with Crippen LogP contribution in [0.3, 0.4) is 0 Å². The van der Waals surface area contributed by atoms with Crippen LogP contribution in [0.4, 0.5) is 0 Å². The summed E-state index contributed by atoms with van der Waals surface area (Å²) in [4.78, 5) is 0. The van der Waals surface area contributed by atoms with Crippen LogP contribution >= 0.6 is 22.7 Å². The van der Waals surface area contributed by atoms with E-state index in [1.807, 2.05) is 0 Å². The van der Waals surface area contributed by atoms with Gasteiger partial charge in [0.15, 0.2) is 7.38 Å². The van der Waals surface area contributed by atoms with Crippen molar-refractivity contribution in [3.8, 4) is 0 Å². The predicted molar refractivity (Wildman–Crippen MR) is 47.8 cm³/mol. The van der Waals surface area contributed by atoms with Crippen LogP contribution in [-0.2, 0) is 0 Å². The summed E-state index contributed by atoms with van der Waals surface area (Å²) in [6.07, 6.45) is 0. The van der Waals surface area contributed by atoms with E-state index in [2.05, 4.69) is 20.4 Å². The molecule has 1 atom stereocenters. The van der Waals surface area contributed by atoms with Crippen molar-refractivity contribution in [2.45, 2.75) is 26.4 Å². The molecule has 0 radical (unpaired) electrons. The molecule has 0 N–H and O–H groups in total. The molecule has 9 heavy (non-hydrogen) atoms. The molecule has 0 spiro atoms. The number of halogens is 2. The zero-order chi connectivity index (χ0) is 7.49. The molecule has 0 aliphatic heterocycles. The molecule has 0 fully saturated rings. The van der Waals surface area contributed by atoms with Gasteiger partial charge in [0.25, 0.3) is 0 Å². The number of hydrogen-bond donors (Lipinski definition) is 0. The van der Waals surface area contributed by atoms with Crippen molar-refractivity contribution in [1.29, 1.82) is 0 Å². The van der Waals surface area contributed by atoms with Crippen LogP contribution in [-0.4, -0.2) is 12.9 Å². The fourth-order valence-corrected chi connectivity index (χ4v) is 3.97. The third-order valence-corrected chi connectivity index (χ3v) is 6.38. The molecule has 0 saturated heterocycles. The lowest BCUT2D eigenvalue weighted by atomic mass is 10.3. The minimum atomic E-state index is -1.50. The Bertz CT molecular complexity index is 81.1. The Balaban J connectivity index is 3.58.